The second-order valence-corrected chi connectivity index (χ2v) is 14.9. The molecule has 4 atom stereocenters. The quantitative estimate of drug-likeness (QED) is 0.446. The second-order valence-electron chi connectivity index (χ2n) is 11.1. The van der Waals surface area contributed by atoms with E-state index in [2.05, 4.69) is 4.72 Å². The highest BCUT2D eigenvalue weighted by Gasteiger charge is 2.32. The predicted octanol–water partition coefficient (Wildman–Crippen LogP) is 3.31. The third kappa shape index (κ3) is 9.60. The summed E-state index contributed by atoms with van der Waals surface area (Å²) in [6.07, 6.45) is 2.19. The number of aliphatic hydroxyl groups is 1. The Hall–Kier alpha value is -2.78. The number of ether oxygens (including phenoxy) is 2. The maximum Gasteiger partial charge on any atom is 0.258 e. The Labute approximate surface area is 254 Å². The molecule has 11 nitrogen and oxygen atoms in total. The van der Waals surface area contributed by atoms with Gasteiger partial charge in [-0.2, -0.15) is 4.31 Å². The summed E-state index contributed by atoms with van der Waals surface area (Å²) in [4.78, 5) is 15.5. The van der Waals surface area contributed by atoms with Crippen LogP contribution in [-0.4, -0.2) is 94.9 Å². The summed E-state index contributed by atoms with van der Waals surface area (Å²) < 4.78 is 79.6. The van der Waals surface area contributed by atoms with Gasteiger partial charge >= 0.3 is 0 Å². The van der Waals surface area contributed by atoms with Gasteiger partial charge in [-0.05, 0) is 75.6 Å². The molecule has 1 aliphatic heterocycles. The number of aliphatic hydroxyl groups excluding tert-OH is 1. The molecular formula is C29H42FN3O8S2. The molecule has 0 bridgehead atoms. The smallest absolute Gasteiger partial charge is 0.258 e. The van der Waals surface area contributed by atoms with E-state index in [0.717, 1.165) is 29.1 Å². The van der Waals surface area contributed by atoms with Crippen molar-refractivity contribution in [3.8, 4) is 5.75 Å². The van der Waals surface area contributed by atoms with Crippen LogP contribution in [0.1, 0.15) is 50.4 Å². The molecule has 0 aromatic heterocycles. The van der Waals surface area contributed by atoms with E-state index in [1.165, 1.54) is 36.2 Å². The summed E-state index contributed by atoms with van der Waals surface area (Å²) in [5, 5.41) is 10.1. The van der Waals surface area contributed by atoms with Gasteiger partial charge in [-0.3, -0.25) is 9.52 Å². The summed E-state index contributed by atoms with van der Waals surface area (Å²) in [5.41, 5.74) is 0.309. The van der Waals surface area contributed by atoms with Crippen molar-refractivity contribution in [2.45, 2.75) is 63.2 Å². The van der Waals surface area contributed by atoms with Gasteiger partial charge in [-0.1, -0.05) is 6.92 Å². The number of sulfonamides is 2. The first-order valence-electron chi connectivity index (χ1n) is 14.2. The molecule has 0 radical (unpaired) electrons. The molecule has 2 aromatic rings. The lowest BCUT2D eigenvalue weighted by Gasteiger charge is -2.35. The standard InChI is InChI=1S/C29H42FN3O8S2/c1-20-17-33(21(2)19-34)29(35)26-16-24(31-42(5,36)37)11-14-27(26)41-22(3)8-6-7-15-40-28(20)18-32(4)43(38,39)25-12-9-23(30)10-13-25/h9-14,16,20-22,28,31,34H,6-8,15,17-19H2,1-5H3/t20-,21+,22-,28-/m0/s1. The monoisotopic (exact) mass is 643 g/mol. The van der Waals surface area contributed by atoms with Crippen LogP contribution in [0.5, 0.6) is 5.75 Å². The number of fused-ring (bicyclic) bond motifs is 1. The van der Waals surface area contributed by atoms with Crippen LogP contribution in [0.25, 0.3) is 0 Å². The molecule has 0 saturated carbocycles. The molecule has 43 heavy (non-hydrogen) atoms. The maximum atomic E-state index is 14.1. The lowest BCUT2D eigenvalue weighted by Crippen LogP contribution is -2.48. The van der Waals surface area contributed by atoms with Crippen molar-refractivity contribution < 1.29 is 40.6 Å². The molecule has 2 N–H and O–H groups in total. The highest BCUT2D eigenvalue weighted by molar-refractivity contribution is 7.92. The molecule has 1 aliphatic rings. The van der Waals surface area contributed by atoms with Crippen LogP contribution in [0.15, 0.2) is 47.4 Å². The van der Waals surface area contributed by atoms with Gasteiger partial charge < -0.3 is 19.5 Å². The third-order valence-electron chi connectivity index (χ3n) is 7.31. The second kappa shape index (κ2) is 14.8. The van der Waals surface area contributed by atoms with E-state index in [9.17, 15) is 31.1 Å². The minimum Gasteiger partial charge on any atom is -0.490 e. The molecule has 0 unspecified atom stereocenters. The van der Waals surface area contributed by atoms with Crippen molar-refractivity contribution >= 4 is 31.6 Å². The Morgan fingerprint density at radius 3 is 2.42 bits per heavy atom. The van der Waals surface area contributed by atoms with Crippen LogP contribution in [-0.2, 0) is 24.8 Å². The van der Waals surface area contributed by atoms with Crippen LogP contribution in [0.2, 0.25) is 0 Å². The Kier molecular flexibility index (Phi) is 11.9. The number of rotatable bonds is 8. The Bertz CT molecular complexity index is 1450. The Morgan fingerprint density at radius 2 is 1.79 bits per heavy atom. The zero-order valence-corrected chi connectivity index (χ0v) is 26.8. The van der Waals surface area contributed by atoms with E-state index in [-0.39, 0.29) is 47.7 Å². The van der Waals surface area contributed by atoms with Crippen molar-refractivity contribution in [1.82, 2.24) is 9.21 Å². The van der Waals surface area contributed by atoms with Crippen molar-refractivity contribution in [3.05, 3.63) is 53.8 Å². The van der Waals surface area contributed by atoms with Crippen molar-refractivity contribution in [3.63, 3.8) is 0 Å². The number of hydrogen-bond acceptors (Lipinski definition) is 8. The molecule has 3 rings (SSSR count). The SMILES string of the molecule is C[C@H](CO)N1C[C@H](C)[C@H](CN(C)S(=O)(=O)c2ccc(F)cc2)OCCCC[C@H](C)Oc2ccc(NS(C)(=O)=O)cc2C1=O. The molecule has 1 amide bonds. The predicted molar refractivity (Wildman–Crippen MR) is 162 cm³/mol. The largest absolute Gasteiger partial charge is 0.490 e. The topological polar surface area (TPSA) is 143 Å². The number of nitrogens with zero attached hydrogens (tertiary/aromatic N) is 2. The molecule has 0 spiro atoms. The fourth-order valence-corrected chi connectivity index (χ4v) is 6.54. The van der Waals surface area contributed by atoms with E-state index in [1.807, 2.05) is 13.8 Å². The van der Waals surface area contributed by atoms with Gasteiger partial charge in [0, 0.05) is 38.3 Å². The highest BCUT2D eigenvalue weighted by atomic mass is 32.2. The first kappa shape index (κ1) is 34.7. The van der Waals surface area contributed by atoms with Crippen LogP contribution in [0, 0.1) is 11.7 Å². The average Bonchev–Trinajstić information content (AvgIpc) is 2.93. The molecular weight excluding hydrogens is 601 g/mol. The van der Waals surface area contributed by atoms with Crippen molar-refractivity contribution in [2.24, 2.45) is 5.92 Å². The summed E-state index contributed by atoms with van der Waals surface area (Å²) >= 11 is 0. The van der Waals surface area contributed by atoms with Gasteiger partial charge in [0.1, 0.15) is 11.6 Å². The van der Waals surface area contributed by atoms with Gasteiger partial charge in [0.15, 0.2) is 0 Å². The lowest BCUT2D eigenvalue weighted by molar-refractivity contribution is -0.00833. The molecule has 14 heteroatoms. The summed E-state index contributed by atoms with van der Waals surface area (Å²) in [5.74, 6) is -1.15. The number of hydrogen-bond donors (Lipinski definition) is 2. The molecule has 0 saturated heterocycles. The summed E-state index contributed by atoms with van der Waals surface area (Å²) in [6.45, 7) is 5.45. The molecule has 240 valence electrons. The number of carbonyl (C=O) groups excluding carboxylic acids is 1. The first-order valence-corrected chi connectivity index (χ1v) is 17.5. The van der Waals surface area contributed by atoms with Gasteiger partial charge in [-0.25, -0.2) is 21.2 Å². The van der Waals surface area contributed by atoms with Crippen LogP contribution >= 0.6 is 0 Å². The summed E-state index contributed by atoms with van der Waals surface area (Å²) in [6, 6.07) is 8.42. The minimum absolute atomic E-state index is 0.0328. The molecule has 0 fully saturated rings. The van der Waals surface area contributed by atoms with Crippen LogP contribution in [0.4, 0.5) is 10.1 Å². The minimum atomic E-state index is -3.96. The fraction of sp³-hybridized carbons (Fsp3) is 0.552. The van der Waals surface area contributed by atoms with E-state index in [1.54, 1.807) is 13.0 Å². The lowest BCUT2D eigenvalue weighted by atomic mass is 10.0. The van der Waals surface area contributed by atoms with E-state index in [4.69, 9.17) is 9.47 Å². The fourth-order valence-electron chi connectivity index (χ4n) is 4.80. The Morgan fingerprint density at radius 1 is 1.12 bits per heavy atom. The Balaban J connectivity index is 1.98. The van der Waals surface area contributed by atoms with Crippen LogP contribution in [0.3, 0.4) is 0 Å². The van der Waals surface area contributed by atoms with Gasteiger partial charge in [-0.15, -0.1) is 0 Å². The number of likely N-dealkylation sites (N-methyl/N-ethyl adjacent to an activating group) is 1. The zero-order valence-electron chi connectivity index (χ0n) is 25.2. The molecule has 2 aromatic carbocycles. The molecule has 1 heterocycles. The maximum absolute atomic E-state index is 14.1. The number of amides is 1. The van der Waals surface area contributed by atoms with Gasteiger partial charge in [0.2, 0.25) is 20.0 Å². The number of anilines is 1. The number of carbonyl (C=O) groups is 1. The van der Waals surface area contributed by atoms with Crippen LogP contribution < -0.4 is 9.46 Å². The number of nitrogens with one attached hydrogen (secondary N) is 1. The first-order chi connectivity index (χ1) is 20.1. The van der Waals surface area contributed by atoms with E-state index < -0.39 is 49.8 Å². The van der Waals surface area contributed by atoms with E-state index in [0.29, 0.717) is 19.4 Å². The normalized spacial score (nSPS) is 21.9. The average molecular weight is 644 g/mol. The molecule has 0 aliphatic carbocycles. The number of benzene rings is 2. The highest BCUT2D eigenvalue weighted by Crippen LogP contribution is 2.29. The van der Waals surface area contributed by atoms with Gasteiger partial charge in [0.05, 0.1) is 41.6 Å². The third-order valence-corrected chi connectivity index (χ3v) is 9.76. The van der Waals surface area contributed by atoms with Crippen molar-refractivity contribution in [1.29, 1.82) is 0 Å². The van der Waals surface area contributed by atoms with Crippen molar-refractivity contribution in [2.75, 3.05) is 44.3 Å². The van der Waals surface area contributed by atoms with Gasteiger partial charge in [0.25, 0.3) is 5.91 Å². The summed E-state index contributed by atoms with van der Waals surface area (Å²) in [7, 11) is -6.16. The van der Waals surface area contributed by atoms with E-state index >= 15 is 0 Å². The zero-order chi connectivity index (χ0) is 31.9. The number of halogens is 1.